The number of hydrogen-bond donors (Lipinski definition) is 2. The number of anilines is 2. The Morgan fingerprint density at radius 1 is 1.21 bits per heavy atom. The van der Waals surface area contributed by atoms with Crippen molar-refractivity contribution in [2.24, 2.45) is 0 Å². The predicted molar refractivity (Wildman–Crippen MR) is 117 cm³/mol. The van der Waals surface area contributed by atoms with Crippen LogP contribution in [0.2, 0.25) is 0 Å². The van der Waals surface area contributed by atoms with Gasteiger partial charge in [0.1, 0.15) is 17.1 Å². The fraction of sp³-hybridized carbons (Fsp3) is 0.261. The van der Waals surface area contributed by atoms with E-state index in [1.54, 1.807) is 23.0 Å². The summed E-state index contributed by atoms with van der Waals surface area (Å²) in [6, 6.07) is 8.44. The molecular weight excluding hydrogens is 449 g/mol. The highest BCUT2D eigenvalue weighted by Gasteiger charge is 2.47. The van der Waals surface area contributed by atoms with Crippen molar-refractivity contribution >= 4 is 17.4 Å². The average Bonchev–Trinajstić information content (AvgIpc) is 3.55. The van der Waals surface area contributed by atoms with Gasteiger partial charge < -0.3 is 15.1 Å². The number of rotatable bonds is 5. The number of nitrogens with zero attached hydrogens (tertiary/aromatic N) is 4. The Morgan fingerprint density at radius 2 is 2.03 bits per heavy atom. The average molecular weight is 470 g/mol. The zero-order chi connectivity index (χ0) is 23.9. The largest absolute Gasteiger partial charge is 0.467 e. The highest BCUT2D eigenvalue weighted by atomic mass is 19.4. The van der Waals surface area contributed by atoms with Gasteiger partial charge >= 0.3 is 6.18 Å². The van der Waals surface area contributed by atoms with Crippen molar-refractivity contribution in [1.82, 2.24) is 19.6 Å². The molecule has 2 N–H and O–H groups in total. The molecule has 1 aliphatic heterocycles. The number of amides is 1. The quantitative estimate of drug-likeness (QED) is 0.431. The predicted octanol–water partition coefficient (Wildman–Crippen LogP) is 4.94. The van der Waals surface area contributed by atoms with Crippen LogP contribution in [-0.2, 0) is 6.54 Å². The van der Waals surface area contributed by atoms with Crippen molar-refractivity contribution in [2.45, 2.75) is 38.1 Å². The summed E-state index contributed by atoms with van der Waals surface area (Å²) in [4.78, 5) is 13.0. The van der Waals surface area contributed by atoms with Crippen LogP contribution >= 0.6 is 0 Å². The first-order chi connectivity index (χ1) is 16.3. The number of benzene rings is 1. The summed E-state index contributed by atoms with van der Waals surface area (Å²) < 4.78 is 49.1. The van der Waals surface area contributed by atoms with Gasteiger partial charge in [-0.1, -0.05) is 24.3 Å². The van der Waals surface area contributed by atoms with E-state index in [2.05, 4.69) is 20.8 Å². The SMILES string of the molecule is Cc1ccccc1Cn1cc(NC(=O)c2cnn3c2N[C@H](c2ccco2)C[C@H]3C(F)(F)F)cn1. The molecule has 11 heteroatoms. The number of alkyl halides is 3. The number of carbonyl (C=O) groups excluding carboxylic acids is 1. The standard InChI is InChI=1S/C23H21F3N6O2/c1-14-5-2-3-6-15(14)12-31-13-16(10-27-31)29-22(33)17-11-28-32-20(23(24,25)26)9-18(30-21(17)32)19-7-4-8-34-19/h2-8,10-11,13,18,20,30H,9,12H2,1H3,(H,29,33)/t18-,20-/m0/s1. The Hall–Kier alpha value is -4.02. The molecule has 8 nitrogen and oxygen atoms in total. The summed E-state index contributed by atoms with van der Waals surface area (Å²) >= 11 is 0. The van der Waals surface area contributed by atoms with E-state index in [0.717, 1.165) is 22.0 Å². The van der Waals surface area contributed by atoms with E-state index in [1.165, 1.54) is 12.5 Å². The monoisotopic (exact) mass is 470 g/mol. The van der Waals surface area contributed by atoms with Crippen molar-refractivity contribution in [2.75, 3.05) is 10.6 Å². The van der Waals surface area contributed by atoms with Gasteiger partial charge in [-0.3, -0.25) is 9.48 Å². The third-order valence-corrected chi connectivity index (χ3v) is 5.85. The molecule has 0 radical (unpaired) electrons. The van der Waals surface area contributed by atoms with Gasteiger partial charge in [0.2, 0.25) is 0 Å². The normalized spacial score (nSPS) is 17.8. The molecule has 4 aromatic rings. The van der Waals surface area contributed by atoms with Crippen molar-refractivity contribution in [3.63, 3.8) is 0 Å². The molecule has 0 unspecified atom stereocenters. The second kappa shape index (κ2) is 8.40. The lowest BCUT2D eigenvalue weighted by Crippen LogP contribution is -2.36. The van der Waals surface area contributed by atoms with Crippen LogP contribution < -0.4 is 10.6 Å². The molecule has 1 amide bonds. The maximum absolute atomic E-state index is 13.8. The molecule has 0 spiro atoms. The summed E-state index contributed by atoms with van der Waals surface area (Å²) in [7, 11) is 0. The highest BCUT2D eigenvalue weighted by molar-refractivity contribution is 6.07. The Balaban J connectivity index is 1.37. The molecule has 0 fully saturated rings. The molecule has 0 aliphatic carbocycles. The van der Waals surface area contributed by atoms with Gasteiger partial charge in [-0.25, -0.2) is 4.68 Å². The summed E-state index contributed by atoms with van der Waals surface area (Å²) in [5.41, 5.74) is 2.62. The molecule has 0 saturated carbocycles. The van der Waals surface area contributed by atoms with Crippen molar-refractivity contribution < 1.29 is 22.4 Å². The maximum atomic E-state index is 13.8. The summed E-state index contributed by atoms with van der Waals surface area (Å²) in [5.74, 6) is -0.254. The van der Waals surface area contributed by atoms with E-state index in [4.69, 9.17) is 4.42 Å². The number of hydrogen-bond acceptors (Lipinski definition) is 5. The van der Waals surface area contributed by atoms with E-state index in [9.17, 15) is 18.0 Å². The smallest absolute Gasteiger partial charge is 0.410 e. The molecule has 1 aliphatic rings. The lowest BCUT2D eigenvalue weighted by molar-refractivity contribution is -0.174. The Kier molecular flexibility index (Phi) is 5.39. The summed E-state index contributed by atoms with van der Waals surface area (Å²) in [5, 5.41) is 13.8. The van der Waals surface area contributed by atoms with Gasteiger partial charge in [0.15, 0.2) is 6.04 Å². The summed E-state index contributed by atoms with van der Waals surface area (Å²) in [6.45, 7) is 2.52. The van der Waals surface area contributed by atoms with Crippen LogP contribution in [0.25, 0.3) is 0 Å². The van der Waals surface area contributed by atoms with Crippen LogP contribution in [0, 0.1) is 6.92 Å². The number of aromatic nitrogens is 4. The van der Waals surface area contributed by atoms with Crippen LogP contribution in [0.15, 0.2) is 65.7 Å². The minimum absolute atomic E-state index is 0.00263. The minimum atomic E-state index is -4.54. The van der Waals surface area contributed by atoms with Crippen LogP contribution in [0.4, 0.5) is 24.7 Å². The first-order valence-corrected chi connectivity index (χ1v) is 10.6. The van der Waals surface area contributed by atoms with E-state index in [-0.39, 0.29) is 17.8 Å². The van der Waals surface area contributed by atoms with E-state index < -0.39 is 24.2 Å². The molecule has 1 aromatic carbocycles. The molecule has 176 valence electrons. The highest BCUT2D eigenvalue weighted by Crippen LogP contribution is 2.44. The molecule has 0 bridgehead atoms. The lowest BCUT2D eigenvalue weighted by atomic mass is 10.0. The molecule has 3 aromatic heterocycles. The van der Waals surface area contributed by atoms with E-state index >= 15 is 0 Å². The van der Waals surface area contributed by atoms with E-state index in [1.807, 2.05) is 31.2 Å². The zero-order valence-electron chi connectivity index (χ0n) is 18.1. The first-order valence-electron chi connectivity index (χ1n) is 10.6. The van der Waals surface area contributed by atoms with Crippen molar-refractivity contribution in [1.29, 1.82) is 0 Å². The molecular formula is C23H21F3N6O2. The second-order valence-corrected chi connectivity index (χ2v) is 8.16. The number of nitrogens with one attached hydrogen (secondary N) is 2. The number of aryl methyl sites for hydroxylation is 1. The van der Waals surface area contributed by atoms with Gasteiger partial charge in [0.05, 0.1) is 36.9 Å². The Bertz CT molecular complexity index is 1310. The van der Waals surface area contributed by atoms with Crippen LogP contribution in [0.5, 0.6) is 0 Å². The van der Waals surface area contributed by atoms with Crippen molar-refractivity contribution in [3.8, 4) is 0 Å². The van der Waals surface area contributed by atoms with Crippen LogP contribution in [0.1, 0.15) is 45.7 Å². The number of furan rings is 1. The zero-order valence-corrected chi connectivity index (χ0v) is 18.1. The maximum Gasteiger partial charge on any atom is 0.410 e. The fourth-order valence-corrected chi connectivity index (χ4v) is 4.08. The molecule has 4 heterocycles. The van der Waals surface area contributed by atoms with Gasteiger partial charge in [-0.15, -0.1) is 0 Å². The lowest BCUT2D eigenvalue weighted by Gasteiger charge is -2.32. The second-order valence-electron chi connectivity index (χ2n) is 8.16. The molecule has 34 heavy (non-hydrogen) atoms. The van der Waals surface area contributed by atoms with Crippen LogP contribution in [0.3, 0.4) is 0 Å². The Morgan fingerprint density at radius 3 is 2.76 bits per heavy atom. The van der Waals surface area contributed by atoms with E-state index in [0.29, 0.717) is 18.0 Å². The van der Waals surface area contributed by atoms with Gasteiger partial charge in [-0.05, 0) is 30.2 Å². The third kappa shape index (κ3) is 4.16. The fourth-order valence-electron chi connectivity index (χ4n) is 4.08. The van der Waals surface area contributed by atoms with Crippen molar-refractivity contribution in [3.05, 3.63) is 83.7 Å². The van der Waals surface area contributed by atoms with Crippen LogP contribution in [-0.4, -0.2) is 31.6 Å². The Labute approximate surface area is 192 Å². The first kappa shape index (κ1) is 21.8. The third-order valence-electron chi connectivity index (χ3n) is 5.85. The number of carbonyl (C=O) groups is 1. The van der Waals surface area contributed by atoms with Gasteiger partial charge in [0, 0.05) is 12.6 Å². The summed E-state index contributed by atoms with van der Waals surface area (Å²) in [6.07, 6.45) is 0.838. The minimum Gasteiger partial charge on any atom is -0.467 e. The molecule has 0 saturated heterocycles. The molecule has 2 atom stereocenters. The van der Waals surface area contributed by atoms with Gasteiger partial charge in [-0.2, -0.15) is 23.4 Å². The molecule has 5 rings (SSSR count). The number of fused-ring (bicyclic) bond motifs is 1. The topological polar surface area (TPSA) is 89.9 Å². The number of halogens is 3. The van der Waals surface area contributed by atoms with Gasteiger partial charge in [0.25, 0.3) is 5.91 Å².